The van der Waals surface area contributed by atoms with Gasteiger partial charge in [0.15, 0.2) is 0 Å². The predicted molar refractivity (Wildman–Crippen MR) is 80.8 cm³/mol. The third-order valence-electron chi connectivity index (χ3n) is 4.45. The number of nitrogens with zero attached hydrogens (tertiary/aromatic N) is 1. The first kappa shape index (κ1) is 18.0. The van der Waals surface area contributed by atoms with Crippen molar-refractivity contribution in [1.29, 1.82) is 0 Å². The molecule has 1 saturated heterocycles. The lowest BCUT2D eigenvalue weighted by Gasteiger charge is -2.29. The van der Waals surface area contributed by atoms with E-state index in [9.17, 15) is 9.59 Å². The zero-order valence-electron chi connectivity index (χ0n) is 13.8. The summed E-state index contributed by atoms with van der Waals surface area (Å²) in [7, 11) is 1.39. The number of amides is 1. The zero-order valence-corrected chi connectivity index (χ0v) is 13.8. The second kappa shape index (κ2) is 8.37. The number of ether oxygens (including phenoxy) is 2. The first-order valence-electron chi connectivity index (χ1n) is 7.83. The van der Waals surface area contributed by atoms with Crippen LogP contribution in [-0.4, -0.2) is 50.2 Å². The maximum Gasteiger partial charge on any atom is 0.309 e. The quantitative estimate of drug-likeness (QED) is 0.677. The lowest BCUT2D eigenvalue weighted by molar-refractivity contribution is -0.150. The van der Waals surface area contributed by atoms with Crippen molar-refractivity contribution < 1.29 is 19.1 Å². The lowest BCUT2D eigenvalue weighted by Crippen LogP contribution is -2.42. The van der Waals surface area contributed by atoms with E-state index >= 15 is 0 Å². The number of methoxy groups -OCH3 is 1. The fourth-order valence-corrected chi connectivity index (χ4v) is 2.36. The van der Waals surface area contributed by atoms with Gasteiger partial charge in [-0.1, -0.05) is 27.2 Å². The van der Waals surface area contributed by atoms with Crippen molar-refractivity contribution in [1.82, 2.24) is 4.90 Å². The first-order chi connectivity index (χ1) is 9.89. The number of rotatable bonds is 7. The summed E-state index contributed by atoms with van der Waals surface area (Å²) in [5, 5.41) is 0. The van der Waals surface area contributed by atoms with Gasteiger partial charge < -0.3 is 14.4 Å². The van der Waals surface area contributed by atoms with E-state index in [4.69, 9.17) is 9.47 Å². The van der Waals surface area contributed by atoms with Crippen LogP contribution >= 0.6 is 0 Å². The standard InChI is InChI=1S/C16H29NO4/c1-5-16(2,3)7-6-13(15(19)20-4)12-14(18)17-8-10-21-11-9-17/h13H,5-12H2,1-4H3/t13-/m1/s1. The third-order valence-corrected chi connectivity index (χ3v) is 4.45. The number of hydrogen-bond donors (Lipinski definition) is 0. The molecule has 1 heterocycles. The van der Waals surface area contributed by atoms with Gasteiger partial charge in [-0.25, -0.2) is 0 Å². The minimum atomic E-state index is -0.337. The molecule has 0 aromatic carbocycles. The molecule has 1 amide bonds. The highest BCUT2D eigenvalue weighted by Gasteiger charge is 2.28. The molecule has 1 rings (SSSR count). The predicted octanol–water partition coefficient (Wildman–Crippen LogP) is 2.24. The molecule has 1 aliphatic rings. The van der Waals surface area contributed by atoms with Crippen molar-refractivity contribution in [2.75, 3.05) is 33.4 Å². The van der Waals surface area contributed by atoms with Gasteiger partial charge in [0.05, 0.1) is 26.2 Å². The Hall–Kier alpha value is -1.10. The maximum atomic E-state index is 12.3. The molecule has 1 aliphatic heterocycles. The fourth-order valence-electron chi connectivity index (χ4n) is 2.36. The molecule has 0 aliphatic carbocycles. The first-order valence-corrected chi connectivity index (χ1v) is 7.83. The normalized spacial score (nSPS) is 17.4. The molecule has 5 nitrogen and oxygen atoms in total. The van der Waals surface area contributed by atoms with E-state index in [1.165, 1.54) is 7.11 Å². The smallest absolute Gasteiger partial charge is 0.309 e. The van der Waals surface area contributed by atoms with Crippen molar-refractivity contribution in [3.8, 4) is 0 Å². The topological polar surface area (TPSA) is 55.8 Å². The highest BCUT2D eigenvalue weighted by Crippen LogP contribution is 2.29. The molecule has 0 aromatic heterocycles. The average Bonchev–Trinajstić information content (AvgIpc) is 2.51. The molecule has 1 fully saturated rings. The molecular weight excluding hydrogens is 270 g/mol. The summed E-state index contributed by atoms with van der Waals surface area (Å²) in [5.41, 5.74) is 0.189. The second-order valence-corrected chi connectivity index (χ2v) is 6.47. The molecule has 5 heteroatoms. The molecule has 0 bridgehead atoms. The van der Waals surface area contributed by atoms with Crippen molar-refractivity contribution in [3.63, 3.8) is 0 Å². The van der Waals surface area contributed by atoms with Crippen LogP contribution in [0.1, 0.15) is 46.5 Å². The van der Waals surface area contributed by atoms with E-state index in [1.807, 2.05) is 0 Å². The van der Waals surface area contributed by atoms with Gasteiger partial charge in [-0.15, -0.1) is 0 Å². The monoisotopic (exact) mass is 299 g/mol. The van der Waals surface area contributed by atoms with Crippen LogP contribution in [0.5, 0.6) is 0 Å². The Morgan fingerprint density at radius 2 is 1.90 bits per heavy atom. The van der Waals surface area contributed by atoms with Gasteiger partial charge in [-0.2, -0.15) is 0 Å². The summed E-state index contributed by atoms with van der Waals surface area (Å²) >= 11 is 0. The Labute approximate surface area is 128 Å². The van der Waals surface area contributed by atoms with Crippen molar-refractivity contribution >= 4 is 11.9 Å². The highest BCUT2D eigenvalue weighted by molar-refractivity contribution is 5.83. The SMILES string of the molecule is CCC(C)(C)CC[C@H](CC(=O)N1CCOCC1)C(=O)OC. The number of morpholine rings is 1. The summed E-state index contributed by atoms with van der Waals surface area (Å²) in [4.78, 5) is 26.0. The van der Waals surface area contributed by atoms with E-state index in [-0.39, 0.29) is 29.6 Å². The molecule has 122 valence electrons. The highest BCUT2D eigenvalue weighted by atomic mass is 16.5. The minimum absolute atomic E-state index is 0.0306. The number of carbonyl (C=O) groups excluding carboxylic acids is 2. The fraction of sp³-hybridized carbons (Fsp3) is 0.875. The Morgan fingerprint density at radius 3 is 2.43 bits per heavy atom. The summed E-state index contributed by atoms with van der Waals surface area (Å²) in [6.45, 7) is 8.91. The summed E-state index contributed by atoms with van der Waals surface area (Å²) < 4.78 is 10.1. The summed E-state index contributed by atoms with van der Waals surface area (Å²) in [6, 6.07) is 0. The van der Waals surface area contributed by atoms with Crippen LogP contribution in [0.3, 0.4) is 0 Å². The molecule has 0 aromatic rings. The van der Waals surface area contributed by atoms with E-state index < -0.39 is 0 Å². The van der Waals surface area contributed by atoms with E-state index in [0.29, 0.717) is 32.7 Å². The number of carbonyl (C=O) groups is 2. The third kappa shape index (κ3) is 6.04. The van der Waals surface area contributed by atoms with Crippen LogP contribution in [-0.2, 0) is 19.1 Å². The van der Waals surface area contributed by atoms with Gasteiger partial charge in [0.2, 0.25) is 5.91 Å². The lowest BCUT2D eigenvalue weighted by atomic mass is 9.82. The minimum Gasteiger partial charge on any atom is -0.469 e. The molecule has 0 radical (unpaired) electrons. The van der Waals surface area contributed by atoms with Crippen LogP contribution < -0.4 is 0 Å². The van der Waals surface area contributed by atoms with E-state index in [2.05, 4.69) is 20.8 Å². The van der Waals surface area contributed by atoms with Gasteiger partial charge in [0.25, 0.3) is 0 Å². The Kier molecular flexibility index (Phi) is 7.15. The van der Waals surface area contributed by atoms with Crippen molar-refractivity contribution in [2.24, 2.45) is 11.3 Å². The Morgan fingerprint density at radius 1 is 1.29 bits per heavy atom. The van der Waals surface area contributed by atoms with E-state index in [0.717, 1.165) is 12.8 Å². The maximum absolute atomic E-state index is 12.3. The summed E-state index contributed by atoms with van der Waals surface area (Å²) in [6.07, 6.45) is 2.91. The zero-order chi connectivity index (χ0) is 15.9. The van der Waals surface area contributed by atoms with E-state index in [1.54, 1.807) is 4.90 Å². The van der Waals surface area contributed by atoms with Crippen LogP contribution in [0, 0.1) is 11.3 Å². The van der Waals surface area contributed by atoms with Crippen molar-refractivity contribution in [2.45, 2.75) is 46.5 Å². The number of hydrogen-bond acceptors (Lipinski definition) is 4. The molecular formula is C16H29NO4. The molecule has 0 spiro atoms. The van der Waals surface area contributed by atoms with Crippen LogP contribution in [0.25, 0.3) is 0 Å². The molecule has 0 unspecified atom stereocenters. The summed E-state index contributed by atoms with van der Waals surface area (Å²) in [5.74, 6) is -0.581. The number of esters is 1. The van der Waals surface area contributed by atoms with Gasteiger partial charge >= 0.3 is 5.97 Å². The molecule has 21 heavy (non-hydrogen) atoms. The molecule has 0 saturated carbocycles. The average molecular weight is 299 g/mol. The molecule has 1 atom stereocenters. The van der Waals surface area contributed by atoms with Crippen LogP contribution in [0.2, 0.25) is 0 Å². The van der Waals surface area contributed by atoms with Gasteiger partial charge in [-0.3, -0.25) is 9.59 Å². The van der Waals surface area contributed by atoms with Crippen LogP contribution in [0.4, 0.5) is 0 Å². The molecule has 0 N–H and O–H groups in total. The largest absolute Gasteiger partial charge is 0.469 e. The van der Waals surface area contributed by atoms with Crippen LogP contribution in [0.15, 0.2) is 0 Å². The Balaban J connectivity index is 2.56. The van der Waals surface area contributed by atoms with Gasteiger partial charge in [0, 0.05) is 19.5 Å². The van der Waals surface area contributed by atoms with Crippen molar-refractivity contribution in [3.05, 3.63) is 0 Å². The second-order valence-electron chi connectivity index (χ2n) is 6.47. The Bertz CT molecular complexity index is 348. The van der Waals surface area contributed by atoms with Gasteiger partial charge in [0.1, 0.15) is 0 Å². The van der Waals surface area contributed by atoms with Gasteiger partial charge in [-0.05, 0) is 18.3 Å².